The van der Waals surface area contributed by atoms with Crippen LogP contribution in [0.5, 0.6) is 0 Å². The molecule has 0 saturated carbocycles. The normalized spacial score (nSPS) is 14.4. The minimum atomic E-state index is -0.807. The summed E-state index contributed by atoms with van der Waals surface area (Å²) in [4.78, 5) is 37.7. The van der Waals surface area contributed by atoms with Gasteiger partial charge in [0.05, 0.1) is 5.92 Å². The second kappa shape index (κ2) is 8.56. The van der Waals surface area contributed by atoms with Crippen molar-refractivity contribution in [1.29, 1.82) is 0 Å². The molecular weight excluding hydrogens is 358 g/mol. The van der Waals surface area contributed by atoms with Gasteiger partial charge in [0.1, 0.15) is 0 Å². The maximum absolute atomic E-state index is 12.8. The third-order valence-corrected chi connectivity index (χ3v) is 4.90. The molecule has 1 saturated heterocycles. The fraction of sp³-hybridized carbons (Fsp3) is 0.286. The number of urea groups is 1. The number of rotatable bonds is 4. The summed E-state index contributed by atoms with van der Waals surface area (Å²) < 4.78 is 0. The van der Waals surface area contributed by atoms with Crippen LogP contribution in [0.1, 0.15) is 28.8 Å². The third kappa shape index (κ3) is 4.68. The van der Waals surface area contributed by atoms with Crippen LogP contribution < -0.4 is 10.6 Å². The predicted molar refractivity (Wildman–Crippen MR) is 107 cm³/mol. The molecule has 7 heteroatoms. The summed E-state index contributed by atoms with van der Waals surface area (Å²) in [6, 6.07) is 13.9. The van der Waals surface area contributed by atoms with Crippen LogP contribution in [0.4, 0.5) is 16.2 Å². The molecule has 1 fully saturated rings. The van der Waals surface area contributed by atoms with Crippen molar-refractivity contribution in [2.45, 2.75) is 19.8 Å². The maximum atomic E-state index is 12.8. The van der Waals surface area contributed by atoms with Gasteiger partial charge in [0.25, 0.3) is 5.91 Å². The summed E-state index contributed by atoms with van der Waals surface area (Å²) in [6.45, 7) is 2.69. The molecule has 146 valence electrons. The number of anilines is 2. The zero-order valence-electron chi connectivity index (χ0n) is 15.6. The monoisotopic (exact) mass is 381 g/mol. The Kier molecular flexibility index (Phi) is 5.93. The molecule has 2 aromatic rings. The lowest BCUT2D eigenvalue weighted by Gasteiger charge is -2.30. The van der Waals surface area contributed by atoms with Crippen molar-refractivity contribution in [1.82, 2.24) is 4.90 Å². The standard InChI is InChI=1S/C21H23N3O4/c1-14-7-8-16(19(25)24-11-9-15(10-12-24)20(26)27)13-18(14)23-21(28)22-17-5-3-2-4-6-17/h2-8,13,15H,9-12H2,1H3,(H,26,27)(H2,22,23,28). The Morgan fingerprint density at radius 3 is 2.32 bits per heavy atom. The molecule has 28 heavy (non-hydrogen) atoms. The highest BCUT2D eigenvalue weighted by Gasteiger charge is 2.27. The molecule has 3 rings (SSSR count). The van der Waals surface area contributed by atoms with E-state index in [1.165, 1.54) is 0 Å². The van der Waals surface area contributed by atoms with Crippen LogP contribution in [0.3, 0.4) is 0 Å². The number of para-hydroxylation sites is 1. The van der Waals surface area contributed by atoms with Crippen molar-refractivity contribution < 1.29 is 19.5 Å². The highest BCUT2D eigenvalue weighted by Crippen LogP contribution is 2.22. The van der Waals surface area contributed by atoms with Crippen LogP contribution in [0.15, 0.2) is 48.5 Å². The van der Waals surface area contributed by atoms with E-state index in [0.29, 0.717) is 42.9 Å². The van der Waals surface area contributed by atoms with E-state index >= 15 is 0 Å². The third-order valence-electron chi connectivity index (χ3n) is 4.90. The number of carbonyl (C=O) groups excluding carboxylic acids is 2. The Morgan fingerprint density at radius 1 is 1.00 bits per heavy atom. The molecule has 0 aliphatic carbocycles. The van der Waals surface area contributed by atoms with E-state index in [1.54, 1.807) is 35.2 Å². The van der Waals surface area contributed by atoms with E-state index in [4.69, 9.17) is 5.11 Å². The number of aliphatic carboxylic acids is 1. The minimum absolute atomic E-state index is 0.157. The van der Waals surface area contributed by atoms with Crippen LogP contribution in [0.2, 0.25) is 0 Å². The first-order chi connectivity index (χ1) is 13.4. The summed E-state index contributed by atoms with van der Waals surface area (Å²) in [5, 5.41) is 14.6. The van der Waals surface area contributed by atoms with Gasteiger partial charge in [-0.25, -0.2) is 4.79 Å². The lowest BCUT2D eigenvalue weighted by atomic mass is 9.96. The van der Waals surface area contributed by atoms with E-state index in [0.717, 1.165) is 5.56 Å². The van der Waals surface area contributed by atoms with E-state index in [1.807, 2.05) is 25.1 Å². The Labute approximate surface area is 163 Å². The Morgan fingerprint density at radius 2 is 1.68 bits per heavy atom. The number of likely N-dealkylation sites (tertiary alicyclic amines) is 1. The number of benzene rings is 2. The number of nitrogens with one attached hydrogen (secondary N) is 2. The highest BCUT2D eigenvalue weighted by atomic mass is 16.4. The summed E-state index contributed by atoms with van der Waals surface area (Å²) >= 11 is 0. The maximum Gasteiger partial charge on any atom is 0.323 e. The number of nitrogens with zero attached hydrogens (tertiary/aromatic N) is 1. The van der Waals surface area contributed by atoms with Gasteiger partial charge in [0.2, 0.25) is 0 Å². The van der Waals surface area contributed by atoms with Crippen LogP contribution in [0.25, 0.3) is 0 Å². The van der Waals surface area contributed by atoms with Crippen molar-refractivity contribution in [3.8, 4) is 0 Å². The molecule has 0 atom stereocenters. The van der Waals surface area contributed by atoms with Gasteiger partial charge >= 0.3 is 12.0 Å². The second-order valence-corrected chi connectivity index (χ2v) is 6.88. The molecule has 1 heterocycles. The van der Waals surface area contributed by atoms with Gasteiger partial charge in [-0.15, -0.1) is 0 Å². The quantitative estimate of drug-likeness (QED) is 0.754. The zero-order valence-corrected chi connectivity index (χ0v) is 15.6. The largest absolute Gasteiger partial charge is 0.481 e. The lowest BCUT2D eigenvalue weighted by molar-refractivity contribution is -0.143. The van der Waals surface area contributed by atoms with Gasteiger partial charge < -0.3 is 20.6 Å². The van der Waals surface area contributed by atoms with Gasteiger partial charge in [0, 0.05) is 30.0 Å². The SMILES string of the molecule is Cc1ccc(C(=O)N2CCC(C(=O)O)CC2)cc1NC(=O)Nc1ccccc1. The minimum Gasteiger partial charge on any atom is -0.481 e. The number of hydrogen-bond acceptors (Lipinski definition) is 3. The number of hydrogen-bond donors (Lipinski definition) is 3. The second-order valence-electron chi connectivity index (χ2n) is 6.88. The molecule has 7 nitrogen and oxygen atoms in total. The summed E-state index contributed by atoms with van der Waals surface area (Å²) in [5.41, 5.74) is 2.53. The van der Waals surface area contributed by atoms with Crippen molar-refractivity contribution >= 4 is 29.3 Å². The molecule has 3 amide bonds. The number of carboxylic acids is 1. The summed E-state index contributed by atoms with van der Waals surface area (Å²) in [5.74, 6) is -1.35. The molecule has 0 spiro atoms. The molecule has 1 aliphatic rings. The van der Waals surface area contributed by atoms with Crippen LogP contribution in [-0.2, 0) is 4.79 Å². The number of aryl methyl sites for hydroxylation is 1. The van der Waals surface area contributed by atoms with E-state index in [2.05, 4.69) is 10.6 Å². The first kappa shape index (κ1) is 19.4. The average molecular weight is 381 g/mol. The van der Waals surface area contributed by atoms with Gasteiger partial charge in [-0.1, -0.05) is 24.3 Å². The number of piperidine rings is 1. The van der Waals surface area contributed by atoms with Crippen molar-refractivity contribution in [3.63, 3.8) is 0 Å². The van der Waals surface area contributed by atoms with E-state index < -0.39 is 5.97 Å². The summed E-state index contributed by atoms with van der Waals surface area (Å²) in [6.07, 6.45) is 0.912. The fourth-order valence-electron chi connectivity index (χ4n) is 3.21. The van der Waals surface area contributed by atoms with Gasteiger partial charge in [0.15, 0.2) is 0 Å². The molecule has 2 aromatic carbocycles. The first-order valence-electron chi connectivity index (χ1n) is 9.20. The lowest BCUT2D eigenvalue weighted by Crippen LogP contribution is -2.40. The van der Waals surface area contributed by atoms with E-state index in [-0.39, 0.29) is 17.9 Å². The Balaban J connectivity index is 1.66. The Hall–Kier alpha value is -3.35. The van der Waals surface area contributed by atoms with Gasteiger partial charge in [-0.05, 0) is 49.6 Å². The van der Waals surface area contributed by atoms with Crippen molar-refractivity contribution in [2.75, 3.05) is 23.7 Å². The van der Waals surface area contributed by atoms with Crippen molar-refractivity contribution in [3.05, 3.63) is 59.7 Å². The fourth-order valence-corrected chi connectivity index (χ4v) is 3.21. The average Bonchev–Trinajstić information content (AvgIpc) is 2.70. The molecule has 0 unspecified atom stereocenters. The topological polar surface area (TPSA) is 98.7 Å². The molecular formula is C21H23N3O4. The molecule has 1 aliphatic heterocycles. The summed E-state index contributed by atoms with van der Waals surface area (Å²) in [7, 11) is 0. The Bertz CT molecular complexity index is 874. The predicted octanol–water partition coefficient (Wildman–Crippen LogP) is 3.58. The molecule has 0 aromatic heterocycles. The van der Waals surface area contributed by atoms with Gasteiger partial charge in [-0.3, -0.25) is 9.59 Å². The number of amides is 3. The smallest absolute Gasteiger partial charge is 0.323 e. The zero-order chi connectivity index (χ0) is 20.1. The molecule has 3 N–H and O–H groups in total. The number of carbonyl (C=O) groups is 3. The van der Waals surface area contributed by atoms with Gasteiger partial charge in [-0.2, -0.15) is 0 Å². The van der Waals surface area contributed by atoms with Crippen molar-refractivity contribution in [2.24, 2.45) is 5.92 Å². The first-order valence-corrected chi connectivity index (χ1v) is 9.20. The van der Waals surface area contributed by atoms with Crippen LogP contribution >= 0.6 is 0 Å². The number of carboxylic acid groups (broad SMARTS) is 1. The van der Waals surface area contributed by atoms with Crippen LogP contribution in [0, 0.1) is 12.8 Å². The highest BCUT2D eigenvalue weighted by molar-refractivity contribution is 6.02. The molecule has 0 bridgehead atoms. The molecule has 0 radical (unpaired) electrons. The van der Waals surface area contributed by atoms with E-state index in [9.17, 15) is 14.4 Å². The van der Waals surface area contributed by atoms with Crippen LogP contribution in [-0.4, -0.2) is 41.0 Å².